The van der Waals surface area contributed by atoms with Crippen LogP contribution in [0, 0.1) is 11.3 Å². The molecule has 1 aromatic heterocycles. The number of fused-ring (bicyclic) bond motifs is 1. The number of alkyl halides is 3. The number of ether oxygens (including phenoxy) is 1. The predicted molar refractivity (Wildman–Crippen MR) is 122 cm³/mol. The maximum absolute atomic E-state index is 13.0. The summed E-state index contributed by atoms with van der Waals surface area (Å²) >= 11 is 0. The van der Waals surface area contributed by atoms with Gasteiger partial charge in [-0.2, -0.15) is 13.2 Å². The fourth-order valence-corrected chi connectivity index (χ4v) is 5.17. The van der Waals surface area contributed by atoms with Crippen LogP contribution in [0.2, 0.25) is 0 Å². The summed E-state index contributed by atoms with van der Waals surface area (Å²) in [6, 6.07) is 10.3. The van der Waals surface area contributed by atoms with E-state index in [0.29, 0.717) is 28.6 Å². The minimum absolute atomic E-state index is 0.149. The van der Waals surface area contributed by atoms with E-state index in [0.717, 1.165) is 36.9 Å². The summed E-state index contributed by atoms with van der Waals surface area (Å²) in [4.78, 5) is 16.7. The average Bonchev–Trinajstić information content (AvgIpc) is 3.08. The standard InChI is InChI=1S/C25H28F3N3O2/c1-15-11-19(14-24(2,3)13-15)31-21-10-5-16(22(32)33-4)12-20(21)30-23(31)29-18-8-6-17(7-9-18)25(26,27)28/h5-10,12,15,19H,11,13-14H2,1-4H3,(H,29,30). The zero-order chi connectivity index (χ0) is 24.0. The summed E-state index contributed by atoms with van der Waals surface area (Å²) in [5, 5.41) is 3.21. The zero-order valence-electron chi connectivity index (χ0n) is 19.2. The van der Waals surface area contributed by atoms with Crippen LogP contribution in [0.5, 0.6) is 0 Å². The molecule has 1 fully saturated rings. The van der Waals surface area contributed by atoms with Crippen LogP contribution in [0.1, 0.15) is 62.0 Å². The number of carbonyl (C=O) groups excluding carboxylic acids is 1. The molecular weight excluding hydrogens is 431 g/mol. The minimum Gasteiger partial charge on any atom is -0.465 e. The molecule has 33 heavy (non-hydrogen) atoms. The number of imidazole rings is 1. The fourth-order valence-electron chi connectivity index (χ4n) is 5.17. The van der Waals surface area contributed by atoms with Gasteiger partial charge >= 0.3 is 12.1 Å². The molecule has 1 aliphatic rings. The molecule has 2 aromatic carbocycles. The van der Waals surface area contributed by atoms with Crippen molar-refractivity contribution in [3.63, 3.8) is 0 Å². The van der Waals surface area contributed by atoms with Crippen LogP contribution in [-0.2, 0) is 10.9 Å². The lowest BCUT2D eigenvalue weighted by atomic mass is 9.70. The van der Waals surface area contributed by atoms with E-state index in [1.807, 2.05) is 6.07 Å². The average molecular weight is 460 g/mol. The van der Waals surface area contributed by atoms with Gasteiger partial charge in [0.1, 0.15) is 0 Å². The summed E-state index contributed by atoms with van der Waals surface area (Å²) < 4.78 is 45.8. The predicted octanol–water partition coefficient (Wildman–Crippen LogP) is 6.97. The van der Waals surface area contributed by atoms with Gasteiger partial charge in [-0.25, -0.2) is 9.78 Å². The third kappa shape index (κ3) is 4.84. The molecule has 0 amide bonds. The SMILES string of the molecule is COC(=O)c1ccc2c(c1)nc(Nc1ccc(C(F)(F)F)cc1)n2C1CC(C)CC(C)(C)C1. The Hall–Kier alpha value is -3.03. The van der Waals surface area contributed by atoms with Gasteiger partial charge in [-0.05, 0) is 73.1 Å². The number of hydrogen-bond donors (Lipinski definition) is 1. The maximum Gasteiger partial charge on any atom is 0.416 e. The molecule has 2 atom stereocenters. The van der Waals surface area contributed by atoms with E-state index in [-0.39, 0.29) is 11.5 Å². The van der Waals surface area contributed by atoms with Gasteiger partial charge in [-0.3, -0.25) is 0 Å². The van der Waals surface area contributed by atoms with Crippen molar-refractivity contribution in [2.45, 2.75) is 52.3 Å². The van der Waals surface area contributed by atoms with E-state index < -0.39 is 17.7 Å². The zero-order valence-corrected chi connectivity index (χ0v) is 19.2. The molecule has 4 rings (SSSR count). The van der Waals surface area contributed by atoms with Gasteiger partial charge in [0.15, 0.2) is 0 Å². The van der Waals surface area contributed by atoms with Crippen LogP contribution in [0.4, 0.5) is 24.8 Å². The molecule has 3 aromatic rings. The molecule has 176 valence electrons. The molecular formula is C25H28F3N3O2. The van der Waals surface area contributed by atoms with Crippen molar-refractivity contribution in [2.24, 2.45) is 11.3 Å². The minimum atomic E-state index is -4.39. The highest BCUT2D eigenvalue weighted by Gasteiger charge is 2.35. The van der Waals surface area contributed by atoms with Crippen molar-refractivity contribution >= 4 is 28.6 Å². The van der Waals surface area contributed by atoms with Crippen LogP contribution in [0.15, 0.2) is 42.5 Å². The van der Waals surface area contributed by atoms with E-state index in [9.17, 15) is 18.0 Å². The number of anilines is 2. The first-order valence-corrected chi connectivity index (χ1v) is 11.0. The van der Waals surface area contributed by atoms with E-state index in [4.69, 9.17) is 9.72 Å². The fraction of sp³-hybridized carbons (Fsp3) is 0.440. The number of carbonyl (C=O) groups is 1. The van der Waals surface area contributed by atoms with Crippen molar-refractivity contribution in [3.8, 4) is 0 Å². The van der Waals surface area contributed by atoms with Crippen molar-refractivity contribution in [2.75, 3.05) is 12.4 Å². The first kappa shape index (κ1) is 23.1. The second-order valence-corrected chi connectivity index (χ2v) is 9.77. The van der Waals surface area contributed by atoms with Gasteiger partial charge in [0, 0.05) is 11.7 Å². The van der Waals surface area contributed by atoms with Gasteiger partial charge in [0.25, 0.3) is 0 Å². The number of benzene rings is 2. The Morgan fingerprint density at radius 2 is 1.85 bits per heavy atom. The first-order valence-electron chi connectivity index (χ1n) is 11.0. The number of nitrogens with one attached hydrogen (secondary N) is 1. The molecule has 8 heteroatoms. The van der Waals surface area contributed by atoms with E-state index in [1.165, 1.54) is 19.2 Å². The van der Waals surface area contributed by atoms with Gasteiger partial charge in [0.2, 0.25) is 5.95 Å². The Morgan fingerprint density at radius 1 is 1.15 bits per heavy atom. The number of esters is 1. The van der Waals surface area contributed by atoms with Crippen LogP contribution in [0.3, 0.4) is 0 Å². The Balaban J connectivity index is 1.78. The Morgan fingerprint density at radius 3 is 2.45 bits per heavy atom. The molecule has 5 nitrogen and oxygen atoms in total. The monoisotopic (exact) mass is 459 g/mol. The number of aromatic nitrogens is 2. The molecule has 0 radical (unpaired) electrons. The summed E-state index contributed by atoms with van der Waals surface area (Å²) in [6.07, 6.45) is -1.34. The lowest BCUT2D eigenvalue weighted by Crippen LogP contribution is -2.29. The third-order valence-electron chi connectivity index (χ3n) is 6.31. The molecule has 0 aliphatic heterocycles. The lowest BCUT2D eigenvalue weighted by Gasteiger charge is -2.40. The number of methoxy groups -OCH3 is 1. The molecule has 2 unspecified atom stereocenters. The first-order chi connectivity index (χ1) is 15.5. The second-order valence-electron chi connectivity index (χ2n) is 9.77. The third-order valence-corrected chi connectivity index (χ3v) is 6.31. The van der Waals surface area contributed by atoms with Gasteiger partial charge in [-0.1, -0.05) is 20.8 Å². The van der Waals surface area contributed by atoms with Crippen molar-refractivity contribution in [3.05, 3.63) is 53.6 Å². The quantitative estimate of drug-likeness (QED) is 0.428. The smallest absolute Gasteiger partial charge is 0.416 e. The molecule has 1 N–H and O–H groups in total. The lowest BCUT2D eigenvalue weighted by molar-refractivity contribution is -0.137. The summed E-state index contributed by atoms with van der Waals surface area (Å²) in [6.45, 7) is 6.76. The van der Waals surface area contributed by atoms with Crippen molar-refractivity contribution in [1.29, 1.82) is 0 Å². The Bertz CT molecular complexity index is 1170. The number of halogens is 3. The van der Waals surface area contributed by atoms with E-state index >= 15 is 0 Å². The highest BCUT2D eigenvalue weighted by atomic mass is 19.4. The Labute approximate surface area is 191 Å². The topological polar surface area (TPSA) is 56.1 Å². The largest absolute Gasteiger partial charge is 0.465 e. The van der Waals surface area contributed by atoms with Crippen molar-refractivity contribution in [1.82, 2.24) is 9.55 Å². The molecule has 0 saturated heterocycles. The van der Waals surface area contributed by atoms with E-state index in [2.05, 4.69) is 30.7 Å². The molecule has 0 bridgehead atoms. The number of rotatable bonds is 4. The van der Waals surface area contributed by atoms with Gasteiger partial charge in [-0.15, -0.1) is 0 Å². The summed E-state index contributed by atoms with van der Waals surface area (Å²) in [7, 11) is 1.33. The highest BCUT2D eigenvalue weighted by molar-refractivity contribution is 5.94. The van der Waals surface area contributed by atoms with Crippen LogP contribution in [-0.4, -0.2) is 22.6 Å². The van der Waals surface area contributed by atoms with Crippen LogP contribution < -0.4 is 5.32 Å². The van der Waals surface area contributed by atoms with Gasteiger partial charge < -0.3 is 14.6 Å². The maximum atomic E-state index is 13.0. The second kappa shape index (κ2) is 8.39. The summed E-state index contributed by atoms with van der Waals surface area (Å²) in [5.41, 5.74) is 1.85. The molecule has 1 aliphatic carbocycles. The van der Waals surface area contributed by atoms with Crippen LogP contribution >= 0.6 is 0 Å². The number of nitrogens with zero attached hydrogens (tertiary/aromatic N) is 2. The molecule has 0 spiro atoms. The Kier molecular flexibility index (Phi) is 5.88. The number of hydrogen-bond acceptors (Lipinski definition) is 4. The normalized spacial score (nSPS) is 20.6. The highest BCUT2D eigenvalue weighted by Crippen LogP contribution is 2.46. The van der Waals surface area contributed by atoms with Crippen LogP contribution in [0.25, 0.3) is 11.0 Å². The van der Waals surface area contributed by atoms with E-state index in [1.54, 1.807) is 12.1 Å². The van der Waals surface area contributed by atoms with Crippen molar-refractivity contribution < 1.29 is 22.7 Å². The molecule has 1 heterocycles. The molecule has 1 saturated carbocycles. The van der Waals surface area contributed by atoms with Gasteiger partial charge in [0.05, 0.1) is 29.3 Å². The summed E-state index contributed by atoms with van der Waals surface area (Å²) in [5.74, 6) is 0.613.